The molecule has 4 heteroatoms. The smallest absolute Gasteiger partial charge is 0.307 e. The fourth-order valence-corrected chi connectivity index (χ4v) is 3.11. The normalized spacial score (nSPS) is 26.2. The van der Waals surface area contributed by atoms with Gasteiger partial charge in [-0.25, -0.2) is 0 Å². The van der Waals surface area contributed by atoms with E-state index in [-0.39, 0.29) is 12.0 Å². The van der Waals surface area contributed by atoms with Crippen molar-refractivity contribution < 1.29 is 15.0 Å². The Kier molecular flexibility index (Phi) is 2.74. The van der Waals surface area contributed by atoms with Crippen molar-refractivity contribution in [2.24, 2.45) is 5.92 Å². The van der Waals surface area contributed by atoms with Crippen LogP contribution >= 0.6 is 0 Å². The second-order valence-electron chi connectivity index (χ2n) is 5.23. The Morgan fingerprint density at radius 1 is 1.33 bits per heavy atom. The van der Waals surface area contributed by atoms with Crippen LogP contribution < -0.4 is 5.32 Å². The van der Waals surface area contributed by atoms with Gasteiger partial charge in [-0.15, -0.1) is 0 Å². The Balaban J connectivity index is 1.88. The molecule has 1 aliphatic heterocycles. The van der Waals surface area contributed by atoms with Gasteiger partial charge in [-0.3, -0.25) is 4.79 Å². The number of phenols is 1. The van der Waals surface area contributed by atoms with Gasteiger partial charge in [0, 0.05) is 18.2 Å². The predicted molar refractivity (Wildman–Crippen MR) is 66.6 cm³/mol. The van der Waals surface area contributed by atoms with Crippen molar-refractivity contribution in [3.05, 3.63) is 28.8 Å². The van der Waals surface area contributed by atoms with Crippen molar-refractivity contribution in [2.75, 3.05) is 6.54 Å². The summed E-state index contributed by atoms with van der Waals surface area (Å²) in [5, 5.41) is 22.5. The van der Waals surface area contributed by atoms with Crippen molar-refractivity contribution in [3.8, 4) is 5.75 Å². The second kappa shape index (κ2) is 4.28. The molecule has 2 aliphatic rings. The maximum Gasteiger partial charge on any atom is 0.307 e. The molecule has 0 saturated carbocycles. The Morgan fingerprint density at radius 2 is 2.17 bits per heavy atom. The lowest BCUT2D eigenvalue weighted by atomic mass is 9.96. The number of carbonyl (C=O) groups is 1. The molecule has 4 nitrogen and oxygen atoms in total. The second-order valence-corrected chi connectivity index (χ2v) is 5.23. The predicted octanol–water partition coefficient (Wildman–Crippen LogP) is 1.62. The minimum atomic E-state index is -0.759. The molecule has 3 rings (SSSR count). The Morgan fingerprint density at radius 3 is 2.89 bits per heavy atom. The molecule has 0 amide bonds. The van der Waals surface area contributed by atoms with Crippen molar-refractivity contribution in [3.63, 3.8) is 0 Å². The van der Waals surface area contributed by atoms with Crippen LogP contribution in [0, 0.1) is 5.92 Å². The van der Waals surface area contributed by atoms with Crippen LogP contribution in [0.5, 0.6) is 5.75 Å². The van der Waals surface area contributed by atoms with Crippen LogP contribution in [0.2, 0.25) is 0 Å². The Labute approximate surface area is 106 Å². The number of carboxylic acid groups (broad SMARTS) is 1. The first-order valence-electron chi connectivity index (χ1n) is 6.46. The van der Waals surface area contributed by atoms with E-state index < -0.39 is 5.97 Å². The van der Waals surface area contributed by atoms with Crippen molar-refractivity contribution in [1.82, 2.24) is 5.32 Å². The van der Waals surface area contributed by atoms with Crippen LogP contribution in [0.4, 0.5) is 0 Å². The molecule has 1 fully saturated rings. The van der Waals surface area contributed by atoms with Crippen LogP contribution in [0.3, 0.4) is 0 Å². The summed E-state index contributed by atoms with van der Waals surface area (Å²) in [5.74, 6) is -0.721. The summed E-state index contributed by atoms with van der Waals surface area (Å²) in [6.07, 6.45) is 3.63. The van der Waals surface area contributed by atoms with Gasteiger partial charge in [0.1, 0.15) is 5.75 Å². The van der Waals surface area contributed by atoms with Crippen LogP contribution in [-0.4, -0.2) is 22.7 Å². The van der Waals surface area contributed by atoms with E-state index in [1.807, 2.05) is 6.07 Å². The van der Waals surface area contributed by atoms with Gasteiger partial charge >= 0.3 is 5.97 Å². The van der Waals surface area contributed by atoms with E-state index in [2.05, 4.69) is 11.4 Å². The summed E-state index contributed by atoms with van der Waals surface area (Å²) in [5.41, 5.74) is 3.16. The van der Waals surface area contributed by atoms with Gasteiger partial charge in [0.25, 0.3) is 0 Å². The molecule has 1 aromatic carbocycles. The molecule has 18 heavy (non-hydrogen) atoms. The minimum absolute atomic E-state index is 0.0306. The first-order valence-corrected chi connectivity index (χ1v) is 6.46. The number of carboxylic acids is 1. The highest BCUT2D eigenvalue weighted by Crippen LogP contribution is 2.39. The minimum Gasteiger partial charge on any atom is -0.507 e. The van der Waals surface area contributed by atoms with Crippen LogP contribution in [0.1, 0.15) is 35.6 Å². The lowest BCUT2D eigenvalue weighted by Gasteiger charge is -2.15. The van der Waals surface area contributed by atoms with Crippen molar-refractivity contribution in [2.45, 2.75) is 31.7 Å². The zero-order chi connectivity index (χ0) is 12.7. The number of aryl methyl sites for hydroxylation is 1. The van der Waals surface area contributed by atoms with Crippen LogP contribution in [0.25, 0.3) is 0 Å². The monoisotopic (exact) mass is 247 g/mol. The number of nitrogens with one attached hydrogen (secondary N) is 1. The first-order chi connectivity index (χ1) is 8.66. The Hall–Kier alpha value is -1.55. The van der Waals surface area contributed by atoms with Gasteiger partial charge in [0.2, 0.25) is 0 Å². The number of aliphatic carboxylic acids is 1. The van der Waals surface area contributed by atoms with E-state index in [1.54, 1.807) is 0 Å². The van der Waals surface area contributed by atoms with E-state index in [1.165, 1.54) is 5.56 Å². The summed E-state index contributed by atoms with van der Waals surface area (Å²) in [6.45, 7) is 0.483. The quantitative estimate of drug-likeness (QED) is 0.742. The highest BCUT2D eigenvalue weighted by molar-refractivity contribution is 5.71. The number of benzene rings is 1. The van der Waals surface area contributed by atoms with Gasteiger partial charge in [0.15, 0.2) is 0 Å². The molecular weight excluding hydrogens is 230 g/mol. The lowest BCUT2D eigenvalue weighted by Crippen LogP contribution is -2.17. The number of rotatable bonds is 2. The number of phenolic OH excluding ortho intramolecular Hbond substituents is 1. The van der Waals surface area contributed by atoms with Gasteiger partial charge in [-0.05, 0) is 36.8 Å². The third-order valence-corrected chi connectivity index (χ3v) is 4.14. The molecule has 0 radical (unpaired) electrons. The number of aromatic hydroxyl groups is 1. The highest BCUT2D eigenvalue weighted by Gasteiger charge is 2.32. The molecule has 3 N–H and O–H groups in total. The number of fused-ring (bicyclic) bond motifs is 1. The molecule has 1 heterocycles. The average molecular weight is 247 g/mol. The molecule has 1 aliphatic carbocycles. The Bertz CT molecular complexity index is 498. The van der Waals surface area contributed by atoms with Crippen molar-refractivity contribution >= 4 is 5.97 Å². The summed E-state index contributed by atoms with van der Waals surface area (Å²) >= 11 is 0. The standard InChI is InChI=1S/C14H17NO3/c16-13-10-3-1-2-8(10)4-5-11(13)12-6-9(7-15-12)14(17)18/h4-5,9,12,15-16H,1-3,6-7H2,(H,17,18). The molecular formula is C14H17NO3. The lowest BCUT2D eigenvalue weighted by molar-refractivity contribution is -0.141. The van der Waals surface area contributed by atoms with Gasteiger partial charge in [0.05, 0.1) is 5.92 Å². The van der Waals surface area contributed by atoms with Crippen molar-refractivity contribution in [1.29, 1.82) is 0 Å². The first kappa shape index (κ1) is 11.5. The zero-order valence-corrected chi connectivity index (χ0v) is 10.1. The van der Waals surface area contributed by atoms with Crippen LogP contribution in [-0.2, 0) is 17.6 Å². The molecule has 0 aromatic heterocycles. The van der Waals surface area contributed by atoms with Gasteiger partial charge in [-0.2, -0.15) is 0 Å². The molecule has 2 atom stereocenters. The molecule has 1 aromatic rings. The maximum atomic E-state index is 10.9. The van der Waals surface area contributed by atoms with E-state index in [4.69, 9.17) is 5.11 Å². The molecule has 96 valence electrons. The average Bonchev–Trinajstić information content (AvgIpc) is 2.97. The topological polar surface area (TPSA) is 69.6 Å². The summed E-state index contributed by atoms with van der Waals surface area (Å²) in [7, 11) is 0. The maximum absolute atomic E-state index is 10.9. The molecule has 1 saturated heterocycles. The summed E-state index contributed by atoms with van der Waals surface area (Å²) < 4.78 is 0. The van der Waals surface area contributed by atoms with E-state index in [0.717, 1.165) is 30.4 Å². The fourth-order valence-electron chi connectivity index (χ4n) is 3.11. The number of hydrogen-bond acceptors (Lipinski definition) is 3. The van der Waals surface area contributed by atoms with E-state index in [9.17, 15) is 9.90 Å². The van der Waals surface area contributed by atoms with E-state index in [0.29, 0.717) is 18.7 Å². The third kappa shape index (κ3) is 1.77. The molecule has 2 unspecified atom stereocenters. The summed E-state index contributed by atoms with van der Waals surface area (Å²) in [4.78, 5) is 10.9. The van der Waals surface area contributed by atoms with Gasteiger partial charge in [-0.1, -0.05) is 12.1 Å². The third-order valence-electron chi connectivity index (χ3n) is 4.14. The zero-order valence-electron chi connectivity index (χ0n) is 10.1. The fraction of sp³-hybridized carbons (Fsp3) is 0.500. The van der Waals surface area contributed by atoms with E-state index >= 15 is 0 Å². The summed E-state index contributed by atoms with van der Waals surface area (Å²) in [6, 6.07) is 3.99. The largest absolute Gasteiger partial charge is 0.507 e. The highest BCUT2D eigenvalue weighted by atomic mass is 16.4. The SMILES string of the molecule is O=C(O)C1CNC(c2ccc3c(c2O)CCC3)C1. The van der Waals surface area contributed by atoms with Gasteiger partial charge < -0.3 is 15.5 Å². The molecule has 0 bridgehead atoms. The van der Waals surface area contributed by atoms with Crippen LogP contribution in [0.15, 0.2) is 12.1 Å². The molecule has 0 spiro atoms. The number of hydrogen-bond donors (Lipinski definition) is 3.